The van der Waals surface area contributed by atoms with Crippen molar-refractivity contribution in [2.45, 2.75) is 11.7 Å². The van der Waals surface area contributed by atoms with Crippen molar-refractivity contribution in [2.75, 3.05) is 19.9 Å². The van der Waals surface area contributed by atoms with E-state index >= 15 is 0 Å². The lowest BCUT2D eigenvalue weighted by atomic mass is 10.2. The number of hydrogen-bond donors (Lipinski definition) is 1. The van der Waals surface area contributed by atoms with Crippen molar-refractivity contribution in [3.8, 4) is 17.1 Å². The van der Waals surface area contributed by atoms with Crippen LogP contribution in [-0.4, -0.2) is 45.9 Å². The molecule has 0 unspecified atom stereocenters. The molecule has 0 radical (unpaired) electrons. The van der Waals surface area contributed by atoms with E-state index in [2.05, 4.69) is 31.1 Å². The largest absolute Gasteiger partial charge is 0.497 e. The number of aromatic amines is 1. The van der Waals surface area contributed by atoms with E-state index in [0.29, 0.717) is 17.5 Å². The van der Waals surface area contributed by atoms with Gasteiger partial charge in [0.2, 0.25) is 11.1 Å². The zero-order valence-corrected chi connectivity index (χ0v) is 17.4. The predicted molar refractivity (Wildman–Crippen MR) is 110 cm³/mol. The van der Waals surface area contributed by atoms with Gasteiger partial charge in [-0.2, -0.15) is 0 Å². The molecule has 3 rings (SSSR count). The second-order valence-corrected chi connectivity index (χ2v) is 7.72. The van der Waals surface area contributed by atoms with Crippen LogP contribution in [0, 0.1) is 0 Å². The van der Waals surface area contributed by atoms with Gasteiger partial charge in [0, 0.05) is 23.6 Å². The molecule has 6 nitrogen and oxygen atoms in total. The summed E-state index contributed by atoms with van der Waals surface area (Å²) in [6, 6.07) is 15.5. The van der Waals surface area contributed by atoms with Crippen LogP contribution in [0.15, 0.2) is 58.2 Å². The molecule has 140 valence electrons. The van der Waals surface area contributed by atoms with Crippen LogP contribution in [0.2, 0.25) is 0 Å². The zero-order valence-electron chi connectivity index (χ0n) is 15.0. The fourth-order valence-corrected chi connectivity index (χ4v) is 3.38. The Kier molecular flexibility index (Phi) is 6.52. The lowest BCUT2D eigenvalue weighted by Gasteiger charge is -2.16. The van der Waals surface area contributed by atoms with E-state index in [1.54, 1.807) is 19.1 Å². The number of thioether (sulfide) groups is 1. The quantitative estimate of drug-likeness (QED) is 0.555. The summed E-state index contributed by atoms with van der Waals surface area (Å²) >= 11 is 4.73. The third-order valence-corrected chi connectivity index (χ3v) is 5.27. The van der Waals surface area contributed by atoms with E-state index in [4.69, 9.17) is 4.74 Å². The number of aromatic nitrogens is 3. The second-order valence-electron chi connectivity index (χ2n) is 5.86. The average molecular weight is 447 g/mol. The number of nitrogens with zero attached hydrogens (tertiary/aromatic N) is 3. The number of benzene rings is 2. The molecule has 0 bridgehead atoms. The van der Waals surface area contributed by atoms with Crippen molar-refractivity contribution >= 4 is 33.6 Å². The topological polar surface area (TPSA) is 71.1 Å². The molecule has 1 amide bonds. The highest BCUT2D eigenvalue weighted by molar-refractivity contribution is 9.10. The third-order valence-electron chi connectivity index (χ3n) is 3.91. The highest BCUT2D eigenvalue weighted by atomic mass is 79.9. The van der Waals surface area contributed by atoms with E-state index in [9.17, 15) is 4.79 Å². The van der Waals surface area contributed by atoms with Gasteiger partial charge in [-0.3, -0.25) is 9.89 Å². The normalized spacial score (nSPS) is 10.6. The Balaban J connectivity index is 1.54. The molecule has 0 saturated heterocycles. The van der Waals surface area contributed by atoms with Gasteiger partial charge in [-0.25, -0.2) is 4.98 Å². The first-order chi connectivity index (χ1) is 13.0. The van der Waals surface area contributed by atoms with Gasteiger partial charge < -0.3 is 9.64 Å². The molecule has 2 aromatic carbocycles. The number of amides is 1. The summed E-state index contributed by atoms with van der Waals surface area (Å²) in [7, 11) is 3.43. The van der Waals surface area contributed by atoms with E-state index in [1.165, 1.54) is 11.8 Å². The Morgan fingerprint density at radius 1 is 1.19 bits per heavy atom. The monoisotopic (exact) mass is 446 g/mol. The molecule has 8 heteroatoms. The first kappa shape index (κ1) is 19.4. The number of carbonyl (C=O) groups is 1. The molecule has 0 fully saturated rings. The van der Waals surface area contributed by atoms with Gasteiger partial charge in [-0.15, -0.1) is 5.10 Å². The Morgan fingerprint density at radius 3 is 2.56 bits per heavy atom. The fraction of sp³-hybridized carbons (Fsp3) is 0.211. The van der Waals surface area contributed by atoms with Crippen LogP contribution >= 0.6 is 27.7 Å². The van der Waals surface area contributed by atoms with Gasteiger partial charge in [0.05, 0.1) is 12.9 Å². The molecule has 0 atom stereocenters. The maximum atomic E-state index is 12.4. The number of rotatable bonds is 7. The van der Waals surface area contributed by atoms with Crippen LogP contribution in [0.3, 0.4) is 0 Å². The minimum absolute atomic E-state index is 0.0266. The Morgan fingerprint density at radius 2 is 1.89 bits per heavy atom. The number of H-pyrrole nitrogens is 1. The number of hydrogen-bond acceptors (Lipinski definition) is 5. The predicted octanol–water partition coefficient (Wildman–Crippen LogP) is 3.99. The summed E-state index contributed by atoms with van der Waals surface area (Å²) in [5.41, 5.74) is 1.99. The molecule has 0 aliphatic heterocycles. The number of halogens is 1. The summed E-state index contributed by atoms with van der Waals surface area (Å²) in [4.78, 5) is 18.5. The third kappa shape index (κ3) is 5.33. The highest BCUT2D eigenvalue weighted by Gasteiger charge is 2.13. The summed E-state index contributed by atoms with van der Waals surface area (Å²) < 4.78 is 6.17. The van der Waals surface area contributed by atoms with Crippen LogP contribution in [0.5, 0.6) is 5.75 Å². The van der Waals surface area contributed by atoms with Gasteiger partial charge in [0.1, 0.15) is 5.75 Å². The average Bonchev–Trinajstić information content (AvgIpc) is 3.17. The van der Waals surface area contributed by atoms with Gasteiger partial charge in [0.25, 0.3) is 0 Å². The molecule has 1 heterocycles. The molecule has 3 aromatic rings. The van der Waals surface area contributed by atoms with Gasteiger partial charge in [0.15, 0.2) is 5.82 Å². The van der Waals surface area contributed by atoms with E-state index < -0.39 is 0 Å². The summed E-state index contributed by atoms with van der Waals surface area (Å²) in [5, 5.41) is 7.63. The first-order valence-electron chi connectivity index (χ1n) is 8.23. The minimum Gasteiger partial charge on any atom is -0.497 e. The molecule has 1 N–H and O–H groups in total. The SMILES string of the molecule is COc1ccc(-c2nc(SCC(=O)N(C)Cc3ccc(Br)cc3)n[nH]2)cc1. The first-order valence-corrected chi connectivity index (χ1v) is 10.0. The minimum atomic E-state index is 0.0266. The molecular weight excluding hydrogens is 428 g/mol. The standard InChI is InChI=1S/C19H19BrN4O2S/c1-24(11-13-3-7-15(20)8-4-13)17(25)12-27-19-21-18(22-23-19)14-5-9-16(26-2)10-6-14/h3-10H,11-12H2,1-2H3,(H,21,22,23). The molecular formula is C19H19BrN4O2S. The Labute approximate surface area is 170 Å². The maximum absolute atomic E-state index is 12.4. The van der Waals surface area contributed by atoms with Crippen molar-refractivity contribution < 1.29 is 9.53 Å². The van der Waals surface area contributed by atoms with Gasteiger partial charge >= 0.3 is 0 Å². The van der Waals surface area contributed by atoms with Crippen LogP contribution < -0.4 is 4.74 Å². The van der Waals surface area contributed by atoms with Crippen molar-refractivity contribution in [3.05, 3.63) is 58.6 Å². The van der Waals surface area contributed by atoms with Gasteiger partial charge in [-0.1, -0.05) is 39.8 Å². The van der Waals surface area contributed by atoms with E-state index in [1.807, 2.05) is 48.5 Å². The molecule has 0 spiro atoms. The maximum Gasteiger partial charge on any atom is 0.233 e. The van der Waals surface area contributed by atoms with Crippen LogP contribution in [0.1, 0.15) is 5.56 Å². The van der Waals surface area contributed by atoms with Crippen LogP contribution in [-0.2, 0) is 11.3 Å². The lowest BCUT2D eigenvalue weighted by molar-refractivity contribution is -0.127. The number of nitrogens with one attached hydrogen (secondary N) is 1. The molecule has 0 aliphatic carbocycles. The van der Waals surface area contributed by atoms with Gasteiger partial charge in [-0.05, 0) is 42.0 Å². The molecule has 27 heavy (non-hydrogen) atoms. The van der Waals surface area contributed by atoms with E-state index in [0.717, 1.165) is 21.3 Å². The second kappa shape index (κ2) is 9.05. The number of ether oxygens (including phenoxy) is 1. The number of methoxy groups -OCH3 is 1. The summed E-state index contributed by atoms with van der Waals surface area (Å²) in [6.45, 7) is 0.567. The van der Waals surface area contributed by atoms with Crippen molar-refractivity contribution in [3.63, 3.8) is 0 Å². The smallest absolute Gasteiger partial charge is 0.233 e. The van der Waals surface area contributed by atoms with Crippen LogP contribution in [0.4, 0.5) is 0 Å². The zero-order chi connectivity index (χ0) is 19.2. The van der Waals surface area contributed by atoms with Crippen LogP contribution in [0.25, 0.3) is 11.4 Å². The molecule has 1 aromatic heterocycles. The Hall–Kier alpha value is -2.32. The highest BCUT2D eigenvalue weighted by Crippen LogP contribution is 2.22. The summed E-state index contributed by atoms with van der Waals surface area (Å²) in [6.07, 6.45) is 0. The van der Waals surface area contributed by atoms with E-state index in [-0.39, 0.29) is 11.7 Å². The molecule has 0 aliphatic rings. The Bertz CT molecular complexity index is 897. The number of carbonyl (C=O) groups excluding carboxylic acids is 1. The lowest BCUT2D eigenvalue weighted by Crippen LogP contribution is -2.27. The van der Waals surface area contributed by atoms with Crippen molar-refractivity contribution in [2.24, 2.45) is 0 Å². The molecule has 0 saturated carbocycles. The van der Waals surface area contributed by atoms with Crippen molar-refractivity contribution in [1.29, 1.82) is 0 Å². The fourth-order valence-electron chi connectivity index (χ4n) is 2.38. The van der Waals surface area contributed by atoms with Crippen molar-refractivity contribution in [1.82, 2.24) is 20.1 Å². The summed E-state index contributed by atoms with van der Waals surface area (Å²) in [5.74, 6) is 1.76.